The molecule has 0 radical (unpaired) electrons. The van der Waals surface area contributed by atoms with Gasteiger partial charge in [-0.05, 0) is 24.6 Å². The van der Waals surface area contributed by atoms with Crippen molar-refractivity contribution in [3.05, 3.63) is 29.1 Å². The molecular formula is C13H13N3OS. The van der Waals surface area contributed by atoms with Crippen LogP contribution in [-0.2, 0) is 6.42 Å². The summed E-state index contributed by atoms with van der Waals surface area (Å²) in [5.74, 6) is 1.46. The molecule has 0 aliphatic carbocycles. The molecule has 3 rings (SSSR count). The molecule has 0 aliphatic rings. The molecule has 0 saturated carbocycles. The van der Waals surface area contributed by atoms with Crippen LogP contribution in [-0.4, -0.2) is 22.1 Å². The van der Waals surface area contributed by atoms with Gasteiger partial charge in [-0.1, -0.05) is 6.92 Å². The number of imidazole rings is 1. The van der Waals surface area contributed by atoms with Crippen molar-refractivity contribution in [1.82, 2.24) is 15.0 Å². The van der Waals surface area contributed by atoms with Gasteiger partial charge in [0.2, 0.25) is 5.88 Å². The zero-order valence-electron chi connectivity index (χ0n) is 10.2. The third-order valence-corrected chi connectivity index (χ3v) is 4.01. The lowest BCUT2D eigenvalue weighted by Gasteiger charge is -1.95. The van der Waals surface area contributed by atoms with Gasteiger partial charge in [0.25, 0.3) is 0 Å². The molecule has 18 heavy (non-hydrogen) atoms. The first kappa shape index (κ1) is 11.2. The molecule has 4 nitrogen and oxygen atoms in total. The van der Waals surface area contributed by atoms with E-state index in [0.717, 1.165) is 22.6 Å². The van der Waals surface area contributed by atoms with Crippen LogP contribution in [0, 0.1) is 0 Å². The van der Waals surface area contributed by atoms with Gasteiger partial charge in [0.15, 0.2) is 11.5 Å². The number of pyridine rings is 1. The van der Waals surface area contributed by atoms with Crippen LogP contribution >= 0.6 is 11.3 Å². The highest BCUT2D eigenvalue weighted by Gasteiger charge is 2.09. The fourth-order valence-electron chi connectivity index (χ4n) is 1.80. The van der Waals surface area contributed by atoms with Crippen LogP contribution < -0.4 is 4.74 Å². The maximum atomic E-state index is 5.10. The summed E-state index contributed by atoms with van der Waals surface area (Å²) in [7, 11) is 1.61. The highest BCUT2D eigenvalue weighted by atomic mass is 32.1. The lowest BCUT2D eigenvalue weighted by Crippen LogP contribution is -1.86. The molecule has 0 unspecified atom stereocenters. The van der Waals surface area contributed by atoms with E-state index in [2.05, 4.69) is 34.0 Å². The zero-order valence-corrected chi connectivity index (χ0v) is 11.0. The molecule has 3 aromatic rings. The van der Waals surface area contributed by atoms with Crippen molar-refractivity contribution in [2.24, 2.45) is 0 Å². The Kier molecular flexibility index (Phi) is 2.76. The van der Waals surface area contributed by atoms with E-state index in [-0.39, 0.29) is 0 Å². The Bertz CT molecular complexity index is 686. The Labute approximate surface area is 109 Å². The van der Waals surface area contributed by atoms with E-state index >= 15 is 0 Å². The van der Waals surface area contributed by atoms with Gasteiger partial charge in [-0.2, -0.15) is 4.98 Å². The van der Waals surface area contributed by atoms with Crippen LogP contribution in [0.1, 0.15) is 11.8 Å². The van der Waals surface area contributed by atoms with Crippen LogP contribution in [0.3, 0.4) is 0 Å². The topological polar surface area (TPSA) is 50.8 Å². The SMILES string of the molecule is CCc1ccc(-c2nc3nc(OC)ccc3[nH]2)s1. The van der Waals surface area contributed by atoms with Gasteiger partial charge in [0.1, 0.15) is 0 Å². The zero-order chi connectivity index (χ0) is 12.5. The molecule has 3 aromatic heterocycles. The smallest absolute Gasteiger partial charge is 0.215 e. The van der Waals surface area contributed by atoms with E-state index in [1.54, 1.807) is 18.4 Å². The van der Waals surface area contributed by atoms with Gasteiger partial charge in [-0.3, -0.25) is 0 Å². The van der Waals surface area contributed by atoms with Crippen molar-refractivity contribution in [1.29, 1.82) is 0 Å². The standard InChI is InChI=1S/C13H13N3OS/c1-3-8-4-6-10(18-8)13-14-9-5-7-11(17-2)15-12(9)16-13/h4-7H,3H2,1-2H3,(H,14,15,16). The van der Waals surface area contributed by atoms with Crippen molar-refractivity contribution < 1.29 is 4.74 Å². The number of aromatic amines is 1. The number of nitrogens with zero attached hydrogens (tertiary/aromatic N) is 2. The average molecular weight is 259 g/mol. The first-order valence-corrected chi connectivity index (χ1v) is 6.61. The van der Waals surface area contributed by atoms with E-state index in [4.69, 9.17) is 4.74 Å². The second-order valence-electron chi connectivity index (χ2n) is 3.93. The summed E-state index contributed by atoms with van der Waals surface area (Å²) < 4.78 is 5.10. The van der Waals surface area contributed by atoms with Crippen molar-refractivity contribution in [2.75, 3.05) is 7.11 Å². The monoisotopic (exact) mass is 259 g/mol. The third kappa shape index (κ3) is 1.86. The third-order valence-electron chi connectivity index (χ3n) is 2.77. The molecule has 0 saturated heterocycles. The molecule has 5 heteroatoms. The normalized spacial score (nSPS) is 11.0. The Morgan fingerprint density at radius 1 is 1.22 bits per heavy atom. The fourth-order valence-corrected chi connectivity index (χ4v) is 2.69. The van der Waals surface area contributed by atoms with Gasteiger partial charge in [-0.25, -0.2) is 4.98 Å². The highest BCUT2D eigenvalue weighted by molar-refractivity contribution is 7.15. The Balaban J connectivity index is 2.07. The summed E-state index contributed by atoms with van der Waals surface area (Å²) in [6, 6.07) is 8.00. The van der Waals surface area contributed by atoms with Crippen LogP contribution in [0.5, 0.6) is 5.88 Å². The molecule has 0 aromatic carbocycles. The largest absolute Gasteiger partial charge is 0.481 e. The Hall–Kier alpha value is -1.88. The van der Waals surface area contributed by atoms with Crippen molar-refractivity contribution >= 4 is 22.5 Å². The summed E-state index contributed by atoms with van der Waals surface area (Å²) >= 11 is 1.76. The minimum atomic E-state index is 0.584. The summed E-state index contributed by atoms with van der Waals surface area (Å²) in [6.07, 6.45) is 1.05. The quantitative estimate of drug-likeness (QED) is 0.785. The van der Waals surface area contributed by atoms with Gasteiger partial charge in [0.05, 0.1) is 17.5 Å². The predicted octanol–water partition coefficient (Wildman–Crippen LogP) is 3.26. The molecule has 0 bridgehead atoms. The first-order valence-electron chi connectivity index (χ1n) is 5.80. The molecule has 1 N–H and O–H groups in total. The van der Waals surface area contributed by atoms with Crippen LogP contribution in [0.4, 0.5) is 0 Å². The second kappa shape index (κ2) is 4.42. The summed E-state index contributed by atoms with van der Waals surface area (Å²) in [5, 5.41) is 0. The summed E-state index contributed by atoms with van der Waals surface area (Å²) in [6.45, 7) is 2.15. The van der Waals surface area contributed by atoms with Crippen molar-refractivity contribution in [3.8, 4) is 16.6 Å². The van der Waals surface area contributed by atoms with E-state index in [1.165, 1.54) is 4.88 Å². The number of aryl methyl sites for hydroxylation is 1. The minimum absolute atomic E-state index is 0.584. The molecule has 0 fully saturated rings. The Morgan fingerprint density at radius 2 is 2.11 bits per heavy atom. The number of rotatable bonds is 3. The number of nitrogens with one attached hydrogen (secondary N) is 1. The molecule has 92 valence electrons. The van der Waals surface area contributed by atoms with Crippen LogP contribution in [0.25, 0.3) is 21.9 Å². The van der Waals surface area contributed by atoms with Gasteiger partial charge in [-0.15, -0.1) is 11.3 Å². The first-order chi connectivity index (χ1) is 8.80. The highest BCUT2D eigenvalue weighted by Crippen LogP contribution is 2.28. The number of hydrogen-bond acceptors (Lipinski definition) is 4. The van der Waals surface area contributed by atoms with Gasteiger partial charge < -0.3 is 9.72 Å². The summed E-state index contributed by atoms with van der Waals surface area (Å²) in [4.78, 5) is 14.6. The lowest BCUT2D eigenvalue weighted by molar-refractivity contribution is 0.399. The second-order valence-corrected chi connectivity index (χ2v) is 5.10. The molecule has 0 atom stereocenters. The average Bonchev–Trinajstić information content (AvgIpc) is 3.03. The fraction of sp³-hybridized carbons (Fsp3) is 0.231. The molecule has 0 aliphatic heterocycles. The molecule has 0 spiro atoms. The van der Waals surface area contributed by atoms with E-state index < -0.39 is 0 Å². The van der Waals surface area contributed by atoms with Crippen molar-refractivity contribution in [3.63, 3.8) is 0 Å². The number of aromatic nitrogens is 3. The number of ether oxygens (including phenoxy) is 1. The number of H-pyrrole nitrogens is 1. The maximum absolute atomic E-state index is 5.10. The number of thiophene rings is 1. The predicted molar refractivity (Wildman–Crippen MR) is 73.1 cm³/mol. The van der Waals surface area contributed by atoms with E-state index in [1.807, 2.05) is 12.1 Å². The van der Waals surface area contributed by atoms with Crippen molar-refractivity contribution in [2.45, 2.75) is 13.3 Å². The summed E-state index contributed by atoms with van der Waals surface area (Å²) in [5.41, 5.74) is 1.62. The van der Waals surface area contributed by atoms with Crippen LogP contribution in [0.2, 0.25) is 0 Å². The number of fused-ring (bicyclic) bond motifs is 1. The molecular weight excluding hydrogens is 246 g/mol. The Morgan fingerprint density at radius 3 is 2.83 bits per heavy atom. The minimum Gasteiger partial charge on any atom is -0.481 e. The van der Waals surface area contributed by atoms with Gasteiger partial charge in [0, 0.05) is 10.9 Å². The van der Waals surface area contributed by atoms with E-state index in [0.29, 0.717) is 11.5 Å². The molecule has 3 heterocycles. The van der Waals surface area contributed by atoms with Crippen LogP contribution in [0.15, 0.2) is 24.3 Å². The number of methoxy groups -OCH3 is 1. The van der Waals surface area contributed by atoms with E-state index in [9.17, 15) is 0 Å². The number of hydrogen-bond donors (Lipinski definition) is 1. The molecule has 0 amide bonds. The van der Waals surface area contributed by atoms with Gasteiger partial charge >= 0.3 is 0 Å². The maximum Gasteiger partial charge on any atom is 0.215 e. The lowest BCUT2D eigenvalue weighted by atomic mass is 10.3.